The van der Waals surface area contributed by atoms with Gasteiger partial charge in [0.05, 0.1) is 12.7 Å². The average molecular weight is 410 g/mol. The first-order valence-corrected chi connectivity index (χ1v) is 9.41. The van der Waals surface area contributed by atoms with Gasteiger partial charge in [-0.1, -0.05) is 36.4 Å². The lowest BCUT2D eigenvalue weighted by Gasteiger charge is -2.35. The molecule has 1 aliphatic heterocycles. The molecule has 1 heterocycles. The van der Waals surface area contributed by atoms with Crippen molar-refractivity contribution >= 4 is 0 Å². The predicted octanol–water partition coefficient (Wildman–Crippen LogP) is 3.21. The first-order valence-electron chi connectivity index (χ1n) is 9.41. The number of fused-ring (bicyclic) bond motifs is 1. The topological polar surface area (TPSA) is 109 Å². The Hall–Kier alpha value is -3.42. The molecule has 4 rings (SSSR count). The van der Waals surface area contributed by atoms with Gasteiger partial charge < -0.3 is 34.6 Å². The second kappa shape index (κ2) is 8.14. The van der Waals surface area contributed by atoms with Crippen LogP contribution < -0.4 is 14.2 Å². The largest absolute Gasteiger partial charge is 0.508 e. The molecule has 0 aliphatic carbocycles. The molecule has 1 aliphatic rings. The van der Waals surface area contributed by atoms with Crippen molar-refractivity contribution in [3.63, 3.8) is 0 Å². The highest BCUT2D eigenvalue weighted by Gasteiger charge is 2.39. The number of methoxy groups -OCH3 is 1. The van der Waals surface area contributed by atoms with Crippen molar-refractivity contribution in [2.24, 2.45) is 0 Å². The molecular weight excluding hydrogens is 388 g/mol. The molecule has 4 N–H and O–H groups in total. The molecule has 3 atom stereocenters. The highest BCUT2D eigenvalue weighted by atomic mass is 16.5. The number of hydrogen-bond acceptors (Lipinski definition) is 7. The lowest BCUT2D eigenvalue weighted by atomic mass is 9.91. The third kappa shape index (κ3) is 3.72. The molecule has 3 aromatic rings. The van der Waals surface area contributed by atoms with E-state index in [1.54, 1.807) is 18.2 Å². The molecule has 0 saturated heterocycles. The number of ether oxygens (including phenoxy) is 3. The standard InChI is InChI=1S/C23H22O7/c1-28-17-8-7-14(9-18(17)29-12-13-5-3-2-4-6-13)23-22(27)21(26)20-16(25)10-15(24)11-19(20)30-23/h2-11,21-27H,12H2,1H3. The van der Waals surface area contributed by atoms with Crippen molar-refractivity contribution in [1.29, 1.82) is 0 Å². The maximum Gasteiger partial charge on any atom is 0.162 e. The van der Waals surface area contributed by atoms with Gasteiger partial charge in [0.25, 0.3) is 0 Å². The number of phenols is 2. The van der Waals surface area contributed by atoms with Gasteiger partial charge in [-0.15, -0.1) is 0 Å². The Kier molecular flexibility index (Phi) is 5.39. The number of aliphatic hydroxyl groups is 2. The minimum absolute atomic E-state index is 0.0330. The van der Waals surface area contributed by atoms with Gasteiger partial charge in [-0.3, -0.25) is 0 Å². The van der Waals surface area contributed by atoms with Crippen LogP contribution in [0, 0.1) is 0 Å². The Labute approximate surface area is 173 Å². The third-order valence-electron chi connectivity index (χ3n) is 5.04. The van der Waals surface area contributed by atoms with Crippen molar-refractivity contribution < 1.29 is 34.6 Å². The fraction of sp³-hybridized carbons (Fsp3) is 0.217. The summed E-state index contributed by atoms with van der Waals surface area (Å²) in [5.41, 5.74) is 1.55. The molecule has 3 unspecified atom stereocenters. The summed E-state index contributed by atoms with van der Waals surface area (Å²) in [6, 6.07) is 17.1. The van der Waals surface area contributed by atoms with E-state index in [1.165, 1.54) is 13.2 Å². The Morgan fingerprint density at radius 2 is 1.70 bits per heavy atom. The van der Waals surface area contributed by atoms with E-state index >= 15 is 0 Å². The van der Waals surface area contributed by atoms with Crippen molar-refractivity contribution in [2.75, 3.05) is 7.11 Å². The van der Waals surface area contributed by atoms with Gasteiger partial charge in [0, 0.05) is 12.1 Å². The molecule has 0 spiro atoms. The van der Waals surface area contributed by atoms with E-state index in [9.17, 15) is 20.4 Å². The Bertz CT molecular complexity index is 1040. The van der Waals surface area contributed by atoms with Crippen LogP contribution in [0.15, 0.2) is 60.7 Å². The fourth-order valence-electron chi connectivity index (χ4n) is 3.52. The first-order chi connectivity index (χ1) is 14.5. The lowest BCUT2D eigenvalue weighted by Crippen LogP contribution is -2.34. The van der Waals surface area contributed by atoms with E-state index in [1.807, 2.05) is 30.3 Å². The van der Waals surface area contributed by atoms with Gasteiger partial charge in [0.1, 0.15) is 36.1 Å². The van der Waals surface area contributed by atoms with Crippen LogP contribution >= 0.6 is 0 Å². The average Bonchev–Trinajstić information content (AvgIpc) is 2.74. The number of phenolic OH excluding ortho intramolecular Hbond substituents is 2. The van der Waals surface area contributed by atoms with Crippen LogP contribution in [0.4, 0.5) is 0 Å². The third-order valence-corrected chi connectivity index (χ3v) is 5.04. The number of benzene rings is 3. The molecule has 3 aromatic carbocycles. The predicted molar refractivity (Wildman–Crippen MR) is 108 cm³/mol. The van der Waals surface area contributed by atoms with Gasteiger partial charge in [-0.2, -0.15) is 0 Å². The fourth-order valence-corrected chi connectivity index (χ4v) is 3.52. The van der Waals surface area contributed by atoms with Crippen molar-refractivity contribution in [2.45, 2.75) is 24.9 Å². The lowest BCUT2D eigenvalue weighted by molar-refractivity contribution is -0.0711. The van der Waals surface area contributed by atoms with E-state index < -0.39 is 18.3 Å². The molecule has 0 saturated carbocycles. The van der Waals surface area contributed by atoms with Crippen LogP contribution in [0.25, 0.3) is 0 Å². The van der Waals surface area contributed by atoms with Crippen LogP contribution in [-0.4, -0.2) is 33.6 Å². The van der Waals surface area contributed by atoms with Gasteiger partial charge in [0.15, 0.2) is 17.6 Å². The minimum atomic E-state index is -1.39. The molecule has 7 nitrogen and oxygen atoms in total. The molecule has 30 heavy (non-hydrogen) atoms. The molecule has 7 heteroatoms. The SMILES string of the molecule is COc1ccc(C2Oc3cc(O)cc(O)c3C(O)C2O)cc1OCc1ccccc1. The van der Waals surface area contributed by atoms with E-state index in [0.29, 0.717) is 23.7 Å². The summed E-state index contributed by atoms with van der Waals surface area (Å²) in [6.07, 6.45) is -3.68. The van der Waals surface area contributed by atoms with Gasteiger partial charge in [-0.25, -0.2) is 0 Å². The zero-order chi connectivity index (χ0) is 21.3. The summed E-state index contributed by atoms with van der Waals surface area (Å²) in [5.74, 6) is 0.495. The summed E-state index contributed by atoms with van der Waals surface area (Å²) in [4.78, 5) is 0. The number of hydrogen-bond donors (Lipinski definition) is 4. The molecule has 0 radical (unpaired) electrons. The first kappa shape index (κ1) is 19.9. The Morgan fingerprint density at radius 1 is 0.933 bits per heavy atom. The molecule has 0 bridgehead atoms. The van der Waals surface area contributed by atoms with Crippen LogP contribution in [-0.2, 0) is 6.61 Å². The van der Waals surface area contributed by atoms with Crippen molar-refractivity contribution in [3.05, 3.63) is 77.4 Å². The highest BCUT2D eigenvalue weighted by Crippen LogP contribution is 2.47. The van der Waals surface area contributed by atoms with Gasteiger partial charge in [0.2, 0.25) is 0 Å². The Balaban J connectivity index is 1.64. The van der Waals surface area contributed by atoms with Crippen molar-refractivity contribution in [3.8, 4) is 28.7 Å². The maximum absolute atomic E-state index is 10.6. The second-order valence-corrected chi connectivity index (χ2v) is 7.04. The second-order valence-electron chi connectivity index (χ2n) is 7.04. The zero-order valence-electron chi connectivity index (χ0n) is 16.2. The molecule has 156 valence electrons. The molecule has 0 amide bonds. The molecule has 0 fully saturated rings. The van der Waals surface area contributed by atoms with Gasteiger partial charge >= 0.3 is 0 Å². The van der Waals surface area contributed by atoms with Crippen LogP contribution in [0.3, 0.4) is 0 Å². The minimum Gasteiger partial charge on any atom is -0.508 e. The van der Waals surface area contributed by atoms with E-state index in [4.69, 9.17) is 14.2 Å². The van der Waals surface area contributed by atoms with Crippen LogP contribution in [0.2, 0.25) is 0 Å². The maximum atomic E-state index is 10.6. The molecular formula is C23H22O7. The van der Waals surface area contributed by atoms with E-state index in [2.05, 4.69) is 0 Å². The summed E-state index contributed by atoms with van der Waals surface area (Å²) in [7, 11) is 1.53. The summed E-state index contributed by atoms with van der Waals surface area (Å²) in [5, 5.41) is 40.9. The summed E-state index contributed by atoms with van der Waals surface area (Å²) < 4.78 is 17.1. The van der Waals surface area contributed by atoms with Crippen LogP contribution in [0.1, 0.15) is 28.9 Å². The van der Waals surface area contributed by atoms with Gasteiger partial charge in [-0.05, 0) is 23.3 Å². The van der Waals surface area contributed by atoms with Crippen molar-refractivity contribution in [1.82, 2.24) is 0 Å². The molecule has 0 aromatic heterocycles. The number of aliphatic hydroxyl groups excluding tert-OH is 2. The Morgan fingerprint density at radius 3 is 2.43 bits per heavy atom. The highest BCUT2D eigenvalue weighted by molar-refractivity contribution is 5.53. The number of rotatable bonds is 5. The van der Waals surface area contributed by atoms with Crippen LogP contribution in [0.5, 0.6) is 28.7 Å². The normalized spacial score (nSPS) is 20.2. The zero-order valence-corrected chi connectivity index (χ0v) is 16.2. The summed E-state index contributed by atoms with van der Waals surface area (Å²) >= 11 is 0. The quantitative estimate of drug-likeness (QED) is 0.511. The summed E-state index contributed by atoms with van der Waals surface area (Å²) in [6.45, 7) is 0.321. The monoisotopic (exact) mass is 410 g/mol. The van der Waals surface area contributed by atoms with E-state index in [0.717, 1.165) is 11.6 Å². The smallest absolute Gasteiger partial charge is 0.162 e. The number of aromatic hydroxyl groups is 2. The van der Waals surface area contributed by atoms with E-state index in [-0.39, 0.29) is 22.8 Å².